The highest BCUT2D eigenvalue weighted by molar-refractivity contribution is 6.09. The van der Waals surface area contributed by atoms with Crippen LogP contribution in [0, 0.1) is 5.82 Å². The summed E-state index contributed by atoms with van der Waals surface area (Å²) < 4.78 is 26.3. The first kappa shape index (κ1) is 28.0. The number of imide groups is 1. The van der Waals surface area contributed by atoms with Gasteiger partial charge in [0.1, 0.15) is 18.2 Å². The third-order valence-electron chi connectivity index (χ3n) is 7.14. The second-order valence-corrected chi connectivity index (χ2v) is 9.68. The predicted octanol–water partition coefficient (Wildman–Crippen LogP) is -2.83. The first-order valence-corrected chi connectivity index (χ1v) is 12.1. The fraction of sp³-hybridized carbons (Fsp3) is 0.400. The number of halogens is 1. The van der Waals surface area contributed by atoms with Crippen molar-refractivity contribution in [3.05, 3.63) is 64.5 Å². The molecule has 3 heterocycles. The van der Waals surface area contributed by atoms with Gasteiger partial charge in [0, 0.05) is 30.8 Å². The number of hydrogen-bond acceptors (Lipinski definition) is 12. The fourth-order valence-electron chi connectivity index (χ4n) is 4.99. The molecule has 5 rings (SSSR count). The Morgan fingerprint density at radius 3 is 2.33 bits per heavy atom. The van der Waals surface area contributed by atoms with Gasteiger partial charge in [-0.25, -0.2) is 4.39 Å². The van der Waals surface area contributed by atoms with Crippen LogP contribution in [0.15, 0.2) is 36.4 Å². The van der Waals surface area contributed by atoms with Gasteiger partial charge in [-0.3, -0.25) is 29.5 Å². The standard InChI is InChI=1S/C25H26FN3O11/c26-18-13(11-28-7-9-39-10-8-28)3-1-4-14(18)12-40-16-6-2-5-15-17(16)25(37,38)29(21(15)31)19-20(30)27-22(32)24(35,36)23(19,33)34/h1-6,19,33-38H,7-12H2,(H,27,30,32). The maximum Gasteiger partial charge on any atom is 0.303 e. The Kier molecular flexibility index (Phi) is 6.88. The number of carbonyl (C=O) groups is 3. The third-order valence-corrected chi connectivity index (χ3v) is 7.14. The van der Waals surface area contributed by atoms with Gasteiger partial charge in [-0.1, -0.05) is 24.3 Å². The highest BCUT2D eigenvalue weighted by atomic mass is 19.1. The summed E-state index contributed by atoms with van der Waals surface area (Å²) in [4.78, 5) is 39.3. The van der Waals surface area contributed by atoms with Crippen LogP contribution in [0.1, 0.15) is 27.0 Å². The average Bonchev–Trinajstić information content (AvgIpc) is 3.10. The van der Waals surface area contributed by atoms with E-state index in [4.69, 9.17) is 9.47 Å². The highest BCUT2D eigenvalue weighted by Gasteiger charge is 2.70. The molecule has 14 nitrogen and oxygen atoms in total. The van der Waals surface area contributed by atoms with Crippen LogP contribution in [-0.2, 0) is 33.4 Å². The Hall–Kier alpha value is -3.54. The van der Waals surface area contributed by atoms with Crippen molar-refractivity contribution < 1.29 is 58.9 Å². The van der Waals surface area contributed by atoms with Gasteiger partial charge >= 0.3 is 5.79 Å². The third kappa shape index (κ3) is 4.32. The van der Waals surface area contributed by atoms with Crippen molar-refractivity contribution in [1.29, 1.82) is 0 Å². The van der Waals surface area contributed by atoms with Gasteiger partial charge in [0.15, 0.2) is 6.04 Å². The summed E-state index contributed by atoms with van der Waals surface area (Å²) in [6, 6.07) is 5.55. The van der Waals surface area contributed by atoms with Gasteiger partial charge in [-0.15, -0.1) is 0 Å². The van der Waals surface area contributed by atoms with Crippen molar-refractivity contribution in [3.63, 3.8) is 0 Å². The molecule has 3 aliphatic heterocycles. The molecule has 0 radical (unpaired) electrons. The number of morpholine rings is 1. The van der Waals surface area contributed by atoms with Crippen LogP contribution in [0.2, 0.25) is 0 Å². The van der Waals surface area contributed by atoms with E-state index in [0.29, 0.717) is 38.4 Å². The maximum absolute atomic E-state index is 15.3. The lowest BCUT2D eigenvalue weighted by Gasteiger charge is -2.47. The van der Waals surface area contributed by atoms with Crippen molar-refractivity contribution in [2.75, 3.05) is 26.3 Å². The minimum Gasteiger partial charge on any atom is -0.488 e. The Morgan fingerprint density at radius 2 is 1.62 bits per heavy atom. The molecule has 40 heavy (non-hydrogen) atoms. The number of fused-ring (bicyclic) bond motifs is 1. The van der Waals surface area contributed by atoms with E-state index in [1.807, 2.05) is 4.90 Å². The van der Waals surface area contributed by atoms with Gasteiger partial charge in [0.05, 0.1) is 24.3 Å². The van der Waals surface area contributed by atoms with E-state index < -0.39 is 64.8 Å². The Labute approximate surface area is 225 Å². The molecule has 3 aliphatic rings. The lowest BCUT2D eigenvalue weighted by molar-refractivity contribution is -0.374. The normalized spacial score (nSPS) is 23.6. The number of ether oxygens (including phenoxy) is 2. The minimum absolute atomic E-state index is 0.117. The van der Waals surface area contributed by atoms with E-state index in [-0.39, 0.29) is 16.2 Å². The zero-order valence-electron chi connectivity index (χ0n) is 20.8. The summed E-state index contributed by atoms with van der Waals surface area (Å²) in [5.74, 6) is -17.3. The van der Waals surface area contributed by atoms with Crippen LogP contribution in [0.25, 0.3) is 0 Å². The molecule has 2 aromatic rings. The average molecular weight is 563 g/mol. The number of benzene rings is 2. The zero-order valence-corrected chi connectivity index (χ0v) is 20.8. The Bertz CT molecular complexity index is 1370. The highest BCUT2D eigenvalue weighted by Crippen LogP contribution is 2.45. The van der Waals surface area contributed by atoms with Crippen LogP contribution in [0.5, 0.6) is 5.75 Å². The topological polar surface area (TPSA) is 210 Å². The predicted molar refractivity (Wildman–Crippen MR) is 127 cm³/mol. The molecule has 2 aromatic carbocycles. The van der Waals surface area contributed by atoms with Crippen molar-refractivity contribution >= 4 is 17.7 Å². The summed E-state index contributed by atoms with van der Waals surface area (Å²) in [6.07, 6.45) is 0. The van der Waals surface area contributed by atoms with Gasteiger partial charge in [-0.2, -0.15) is 0 Å². The van der Waals surface area contributed by atoms with Crippen molar-refractivity contribution in [1.82, 2.24) is 15.1 Å². The van der Waals surface area contributed by atoms with Crippen LogP contribution in [0.4, 0.5) is 4.39 Å². The number of rotatable bonds is 6. The molecular weight excluding hydrogens is 537 g/mol. The van der Waals surface area contributed by atoms with E-state index in [1.54, 1.807) is 12.1 Å². The van der Waals surface area contributed by atoms with Crippen LogP contribution in [0.3, 0.4) is 0 Å². The minimum atomic E-state index is -4.06. The molecule has 3 amide bonds. The lowest BCUT2D eigenvalue weighted by atomic mass is 9.90. The SMILES string of the molecule is O=C1NC(=O)C(O)(O)C(O)(O)C1N1C(=O)c2cccc(OCc3cccc(CN4CCOCC4)c3F)c2C1(O)O. The molecule has 15 heteroatoms. The smallest absolute Gasteiger partial charge is 0.303 e. The molecule has 214 valence electrons. The number of nitrogens with one attached hydrogen (secondary N) is 1. The Balaban J connectivity index is 1.43. The summed E-state index contributed by atoms with van der Waals surface area (Å²) in [5, 5.41) is 64.1. The van der Waals surface area contributed by atoms with Gasteiger partial charge in [0.2, 0.25) is 0 Å². The van der Waals surface area contributed by atoms with Crippen molar-refractivity contribution in [2.45, 2.75) is 36.7 Å². The summed E-state index contributed by atoms with van der Waals surface area (Å²) in [6.45, 7) is 2.26. The molecule has 1 atom stereocenters. The zero-order chi connectivity index (χ0) is 29.0. The number of carbonyl (C=O) groups excluding carboxylic acids is 3. The van der Waals surface area contributed by atoms with Crippen molar-refractivity contribution in [2.24, 2.45) is 0 Å². The molecule has 0 aromatic heterocycles. The van der Waals surface area contributed by atoms with Crippen LogP contribution in [-0.4, -0.2) is 102 Å². The molecule has 1 unspecified atom stereocenters. The first-order valence-electron chi connectivity index (χ1n) is 12.1. The van der Waals surface area contributed by atoms with E-state index >= 15 is 4.39 Å². The molecular formula is C25H26FN3O11. The monoisotopic (exact) mass is 563 g/mol. The van der Waals surface area contributed by atoms with Gasteiger partial charge in [-0.05, 0) is 12.1 Å². The first-order chi connectivity index (χ1) is 18.8. The number of nitrogens with zero attached hydrogens (tertiary/aromatic N) is 2. The molecule has 0 bridgehead atoms. The Morgan fingerprint density at radius 1 is 0.975 bits per heavy atom. The van der Waals surface area contributed by atoms with Crippen LogP contribution >= 0.6 is 0 Å². The summed E-state index contributed by atoms with van der Waals surface area (Å²) >= 11 is 0. The number of hydrogen-bond donors (Lipinski definition) is 7. The maximum atomic E-state index is 15.3. The van der Waals surface area contributed by atoms with E-state index in [1.165, 1.54) is 23.5 Å². The molecule has 2 saturated heterocycles. The largest absolute Gasteiger partial charge is 0.488 e. The van der Waals surface area contributed by atoms with Gasteiger partial charge < -0.3 is 40.1 Å². The summed E-state index contributed by atoms with van der Waals surface area (Å²) in [5.41, 5.74) is -0.568. The summed E-state index contributed by atoms with van der Waals surface area (Å²) in [7, 11) is 0. The lowest BCUT2D eigenvalue weighted by Crippen LogP contribution is -2.80. The quantitative estimate of drug-likeness (QED) is 0.140. The molecule has 2 fully saturated rings. The number of piperidine rings is 1. The van der Waals surface area contributed by atoms with E-state index in [0.717, 1.165) is 6.07 Å². The fourth-order valence-corrected chi connectivity index (χ4v) is 4.99. The number of aliphatic hydroxyl groups is 6. The molecule has 0 saturated carbocycles. The van der Waals surface area contributed by atoms with E-state index in [2.05, 4.69) is 0 Å². The van der Waals surface area contributed by atoms with Gasteiger partial charge in [0.25, 0.3) is 29.4 Å². The molecule has 7 N–H and O–H groups in total. The van der Waals surface area contributed by atoms with Crippen LogP contribution < -0.4 is 10.1 Å². The van der Waals surface area contributed by atoms with Crippen molar-refractivity contribution in [3.8, 4) is 5.75 Å². The second kappa shape index (κ2) is 9.83. The molecule has 0 aliphatic carbocycles. The number of amides is 3. The van der Waals surface area contributed by atoms with E-state index in [9.17, 15) is 45.0 Å². The second-order valence-electron chi connectivity index (χ2n) is 9.68. The molecule has 0 spiro atoms.